The maximum atomic E-state index is 2.54. The molecule has 20 heavy (non-hydrogen) atoms. The zero-order valence-electron chi connectivity index (χ0n) is 12.2. The van der Waals surface area contributed by atoms with Gasteiger partial charge in [0.25, 0.3) is 0 Å². The molecule has 2 atom stereocenters. The van der Waals surface area contributed by atoms with Crippen LogP contribution in [0.4, 0.5) is 5.69 Å². The number of hydrogen-bond donors (Lipinski definition) is 0. The first kappa shape index (κ1) is 13.2. The molecule has 0 spiro atoms. The lowest BCUT2D eigenvalue weighted by Gasteiger charge is -2.27. The number of rotatable bonds is 3. The van der Waals surface area contributed by atoms with Gasteiger partial charge in [0, 0.05) is 18.3 Å². The average Bonchev–Trinajstić information content (AvgIpc) is 2.94. The van der Waals surface area contributed by atoms with Gasteiger partial charge in [-0.2, -0.15) is 0 Å². The van der Waals surface area contributed by atoms with Crippen molar-refractivity contribution in [2.45, 2.75) is 18.5 Å². The zero-order chi connectivity index (χ0) is 13.9. The topological polar surface area (TPSA) is 6.48 Å². The van der Waals surface area contributed by atoms with Gasteiger partial charge in [-0.15, -0.1) is 0 Å². The third-order valence-corrected chi connectivity index (χ3v) is 4.28. The molecular formula is C18H22N2. The minimum Gasteiger partial charge on any atom is -0.363 e. The van der Waals surface area contributed by atoms with Gasteiger partial charge in [0.2, 0.25) is 0 Å². The summed E-state index contributed by atoms with van der Waals surface area (Å²) < 4.78 is 0. The molecule has 1 saturated heterocycles. The van der Waals surface area contributed by atoms with Crippen LogP contribution in [0.1, 0.15) is 18.0 Å². The van der Waals surface area contributed by atoms with Crippen molar-refractivity contribution >= 4 is 5.69 Å². The van der Waals surface area contributed by atoms with E-state index < -0.39 is 0 Å². The largest absolute Gasteiger partial charge is 0.363 e. The molecule has 3 rings (SSSR count). The summed E-state index contributed by atoms with van der Waals surface area (Å²) >= 11 is 0. The molecule has 0 aliphatic carbocycles. The van der Waals surface area contributed by atoms with Crippen molar-refractivity contribution in [2.24, 2.45) is 0 Å². The van der Waals surface area contributed by atoms with Crippen molar-refractivity contribution in [2.75, 3.05) is 25.5 Å². The Morgan fingerprint density at radius 1 is 0.900 bits per heavy atom. The van der Waals surface area contributed by atoms with Crippen LogP contribution >= 0.6 is 0 Å². The lowest BCUT2D eigenvalue weighted by molar-refractivity contribution is 0.310. The second-order valence-electron chi connectivity index (χ2n) is 5.77. The van der Waals surface area contributed by atoms with Gasteiger partial charge in [0.05, 0.1) is 6.04 Å². The van der Waals surface area contributed by atoms with Gasteiger partial charge in [-0.3, -0.25) is 0 Å². The fourth-order valence-corrected chi connectivity index (χ4v) is 3.08. The molecule has 104 valence electrons. The van der Waals surface area contributed by atoms with E-state index in [1.807, 2.05) is 0 Å². The fourth-order valence-electron chi connectivity index (χ4n) is 3.08. The van der Waals surface area contributed by atoms with E-state index in [1.54, 1.807) is 0 Å². The van der Waals surface area contributed by atoms with Gasteiger partial charge in [-0.05, 0) is 38.2 Å². The molecule has 0 bridgehead atoms. The average molecular weight is 266 g/mol. The first-order chi connectivity index (χ1) is 9.75. The second-order valence-corrected chi connectivity index (χ2v) is 5.77. The molecule has 1 fully saturated rings. The highest BCUT2D eigenvalue weighted by Crippen LogP contribution is 2.37. The first-order valence-corrected chi connectivity index (χ1v) is 7.29. The highest BCUT2D eigenvalue weighted by Gasteiger charge is 2.34. The van der Waals surface area contributed by atoms with E-state index in [2.05, 4.69) is 84.6 Å². The minimum atomic E-state index is 0.478. The number of benzene rings is 2. The molecule has 2 nitrogen and oxygen atoms in total. The van der Waals surface area contributed by atoms with Crippen LogP contribution in [0.15, 0.2) is 60.7 Å². The van der Waals surface area contributed by atoms with Crippen molar-refractivity contribution < 1.29 is 0 Å². The van der Waals surface area contributed by atoms with Gasteiger partial charge in [-0.1, -0.05) is 48.5 Å². The predicted octanol–water partition coefficient (Wildman–Crippen LogP) is 3.57. The normalized spacial score (nSPS) is 22.4. The van der Waals surface area contributed by atoms with Crippen LogP contribution < -0.4 is 4.90 Å². The van der Waals surface area contributed by atoms with E-state index in [4.69, 9.17) is 0 Å². The smallest absolute Gasteiger partial charge is 0.0558 e. The summed E-state index contributed by atoms with van der Waals surface area (Å²) in [7, 11) is 4.36. The van der Waals surface area contributed by atoms with Crippen molar-refractivity contribution in [3.05, 3.63) is 66.2 Å². The third-order valence-electron chi connectivity index (χ3n) is 4.28. The van der Waals surface area contributed by atoms with Crippen LogP contribution in [0.2, 0.25) is 0 Å². The quantitative estimate of drug-likeness (QED) is 0.838. The van der Waals surface area contributed by atoms with E-state index in [0.29, 0.717) is 12.1 Å². The van der Waals surface area contributed by atoms with Crippen molar-refractivity contribution in [1.29, 1.82) is 0 Å². The van der Waals surface area contributed by atoms with Gasteiger partial charge in [0.15, 0.2) is 0 Å². The molecule has 0 amide bonds. The molecule has 0 unspecified atom stereocenters. The summed E-state index contributed by atoms with van der Waals surface area (Å²) in [5.74, 6) is 0. The zero-order valence-corrected chi connectivity index (χ0v) is 12.2. The molecule has 1 aliphatic rings. The molecule has 0 saturated carbocycles. The lowest BCUT2D eigenvalue weighted by atomic mass is 10.0. The Balaban J connectivity index is 1.93. The summed E-state index contributed by atoms with van der Waals surface area (Å²) in [4.78, 5) is 4.89. The monoisotopic (exact) mass is 266 g/mol. The fraction of sp³-hybridized carbons (Fsp3) is 0.333. The number of hydrogen-bond acceptors (Lipinski definition) is 2. The third kappa shape index (κ3) is 2.56. The summed E-state index contributed by atoms with van der Waals surface area (Å²) in [6.45, 7) is 1.09. The van der Waals surface area contributed by atoms with Gasteiger partial charge in [0.1, 0.15) is 0 Å². The Hall–Kier alpha value is -1.80. The maximum absolute atomic E-state index is 2.54. The van der Waals surface area contributed by atoms with Crippen LogP contribution in [-0.4, -0.2) is 31.6 Å². The Morgan fingerprint density at radius 3 is 2.10 bits per heavy atom. The Morgan fingerprint density at radius 2 is 1.50 bits per heavy atom. The Kier molecular flexibility index (Phi) is 3.75. The molecule has 1 heterocycles. The lowest BCUT2D eigenvalue weighted by Crippen LogP contribution is -2.31. The molecule has 2 aromatic carbocycles. The standard InChI is InChI=1S/C18H22N2/c1-19(2)17-13-18(15-9-5-3-6-10-15)20(14-17)16-11-7-4-8-12-16/h3-12,17-18H,13-14H2,1-2H3/t17-,18+/m1/s1. The SMILES string of the molecule is CN(C)[C@@H]1C[C@@H](c2ccccc2)N(c2ccccc2)C1. The van der Waals surface area contributed by atoms with Crippen molar-refractivity contribution in [3.8, 4) is 0 Å². The van der Waals surface area contributed by atoms with E-state index >= 15 is 0 Å². The maximum Gasteiger partial charge on any atom is 0.0558 e. The number of para-hydroxylation sites is 1. The highest BCUT2D eigenvalue weighted by atomic mass is 15.3. The molecule has 1 aliphatic heterocycles. The molecular weight excluding hydrogens is 244 g/mol. The van der Waals surface area contributed by atoms with Crippen LogP contribution in [0.5, 0.6) is 0 Å². The molecule has 2 heteroatoms. The number of anilines is 1. The van der Waals surface area contributed by atoms with Crippen LogP contribution in [0, 0.1) is 0 Å². The molecule has 0 radical (unpaired) electrons. The van der Waals surface area contributed by atoms with Crippen LogP contribution in [0.3, 0.4) is 0 Å². The summed E-state index contributed by atoms with van der Waals surface area (Å²) in [5.41, 5.74) is 2.74. The van der Waals surface area contributed by atoms with Gasteiger partial charge in [-0.25, -0.2) is 0 Å². The number of nitrogens with zero attached hydrogens (tertiary/aromatic N) is 2. The summed E-state index contributed by atoms with van der Waals surface area (Å²) in [5, 5.41) is 0. The first-order valence-electron chi connectivity index (χ1n) is 7.29. The molecule has 2 aromatic rings. The Labute approximate surface area is 121 Å². The second kappa shape index (κ2) is 5.68. The van der Waals surface area contributed by atoms with Crippen LogP contribution in [-0.2, 0) is 0 Å². The van der Waals surface area contributed by atoms with Crippen molar-refractivity contribution in [1.82, 2.24) is 4.90 Å². The van der Waals surface area contributed by atoms with E-state index in [9.17, 15) is 0 Å². The minimum absolute atomic E-state index is 0.478. The van der Waals surface area contributed by atoms with Gasteiger partial charge >= 0.3 is 0 Å². The Bertz CT molecular complexity index is 488. The van der Waals surface area contributed by atoms with E-state index in [-0.39, 0.29) is 0 Å². The van der Waals surface area contributed by atoms with Crippen LogP contribution in [0.25, 0.3) is 0 Å². The molecule has 0 N–H and O–H groups in total. The highest BCUT2D eigenvalue weighted by molar-refractivity contribution is 5.50. The van der Waals surface area contributed by atoms with Gasteiger partial charge < -0.3 is 9.80 Å². The number of likely N-dealkylation sites (N-methyl/N-ethyl adjacent to an activating group) is 1. The summed E-state index contributed by atoms with van der Waals surface area (Å²) in [6.07, 6.45) is 1.19. The predicted molar refractivity (Wildman–Crippen MR) is 85.1 cm³/mol. The van der Waals surface area contributed by atoms with E-state index in [1.165, 1.54) is 17.7 Å². The van der Waals surface area contributed by atoms with Crippen molar-refractivity contribution in [3.63, 3.8) is 0 Å². The summed E-state index contributed by atoms with van der Waals surface area (Å²) in [6, 6.07) is 22.7. The van der Waals surface area contributed by atoms with E-state index in [0.717, 1.165) is 6.54 Å². The molecule has 0 aromatic heterocycles.